The Kier molecular flexibility index (Phi) is 4.05. The molecule has 0 aromatic carbocycles. The number of hydrogen-bond donors (Lipinski definition) is 1. The molecule has 0 saturated heterocycles. The summed E-state index contributed by atoms with van der Waals surface area (Å²) in [6.45, 7) is 10.2. The van der Waals surface area contributed by atoms with Gasteiger partial charge in [-0.3, -0.25) is 4.98 Å². The normalized spacial score (nSPS) is 21.1. The number of fused-ring (bicyclic) bond motifs is 1. The molecule has 2 rings (SSSR count). The second kappa shape index (κ2) is 5.55. The van der Waals surface area contributed by atoms with Crippen molar-refractivity contribution in [1.29, 1.82) is 0 Å². The van der Waals surface area contributed by atoms with Crippen molar-refractivity contribution in [2.24, 2.45) is 5.92 Å². The molecule has 0 radical (unpaired) electrons. The summed E-state index contributed by atoms with van der Waals surface area (Å²) in [4.78, 5) is 4.64. The third kappa shape index (κ3) is 2.58. The standard InChI is InChI=1S/C16H24N2/c1-11(2)14-7-9-17-8-5-13-6-10-18-16(12(3)4)15(13)14/h5-6,8,10-12,14,17H,7,9H2,1-4H3/b8-5-. The van der Waals surface area contributed by atoms with Crippen molar-refractivity contribution in [1.82, 2.24) is 10.3 Å². The zero-order valence-corrected chi connectivity index (χ0v) is 11.9. The maximum Gasteiger partial charge on any atom is 0.0469 e. The van der Waals surface area contributed by atoms with Gasteiger partial charge in [0.15, 0.2) is 0 Å². The van der Waals surface area contributed by atoms with Crippen LogP contribution in [0.1, 0.15) is 62.8 Å². The average Bonchev–Trinajstić information content (AvgIpc) is 2.28. The van der Waals surface area contributed by atoms with Crippen LogP contribution in [0, 0.1) is 5.92 Å². The minimum absolute atomic E-state index is 0.488. The van der Waals surface area contributed by atoms with E-state index in [9.17, 15) is 0 Å². The highest BCUT2D eigenvalue weighted by Crippen LogP contribution is 2.35. The predicted molar refractivity (Wildman–Crippen MR) is 77.6 cm³/mol. The molecule has 1 aromatic heterocycles. The van der Waals surface area contributed by atoms with Crippen molar-refractivity contribution in [2.45, 2.75) is 46.0 Å². The Hall–Kier alpha value is -1.31. The van der Waals surface area contributed by atoms with E-state index in [1.54, 1.807) is 0 Å². The molecule has 0 bridgehead atoms. The van der Waals surface area contributed by atoms with Gasteiger partial charge in [-0.15, -0.1) is 0 Å². The van der Waals surface area contributed by atoms with E-state index in [2.05, 4.69) is 56.3 Å². The van der Waals surface area contributed by atoms with Crippen LogP contribution in [-0.2, 0) is 0 Å². The lowest BCUT2D eigenvalue weighted by molar-refractivity contribution is 0.455. The Labute approximate surface area is 111 Å². The largest absolute Gasteiger partial charge is 0.391 e. The van der Waals surface area contributed by atoms with Crippen LogP contribution in [0.15, 0.2) is 18.5 Å². The first-order valence-corrected chi connectivity index (χ1v) is 7.00. The molecule has 0 spiro atoms. The summed E-state index contributed by atoms with van der Waals surface area (Å²) in [5, 5.41) is 3.36. The van der Waals surface area contributed by atoms with Crippen LogP contribution in [0.2, 0.25) is 0 Å². The summed E-state index contributed by atoms with van der Waals surface area (Å²) >= 11 is 0. The zero-order valence-electron chi connectivity index (χ0n) is 11.9. The minimum Gasteiger partial charge on any atom is -0.391 e. The number of aromatic nitrogens is 1. The van der Waals surface area contributed by atoms with E-state index in [0.29, 0.717) is 17.8 Å². The molecule has 1 unspecified atom stereocenters. The summed E-state index contributed by atoms with van der Waals surface area (Å²) < 4.78 is 0. The second-order valence-corrected chi connectivity index (χ2v) is 5.78. The van der Waals surface area contributed by atoms with Gasteiger partial charge in [0.2, 0.25) is 0 Å². The van der Waals surface area contributed by atoms with Crippen molar-refractivity contribution in [3.05, 3.63) is 35.3 Å². The van der Waals surface area contributed by atoms with Gasteiger partial charge in [-0.2, -0.15) is 0 Å². The first kappa shape index (κ1) is 13.1. The van der Waals surface area contributed by atoms with Crippen molar-refractivity contribution in [3.63, 3.8) is 0 Å². The fourth-order valence-corrected chi connectivity index (χ4v) is 2.80. The molecule has 2 heterocycles. The molecule has 98 valence electrons. The fourth-order valence-electron chi connectivity index (χ4n) is 2.80. The van der Waals surface area contributed by atoms with Crippen LogP contribution in [0.4, 0.5) is 0 Å². The monoisotopic (exact) mass is 244 g/mol. The van der Waals surface area contributed by atoms with Crippen molar-refractivity contribution in [2.75, 3.05) is 6.54 Å². The molecule has 1 aromatic rings. The molecule has 1 aliphatic heterocycles. The van der Waals surface area contributed by atoms with Gasteiger partial charge in [0.1, 0.15) is 0 Å². The van der Waals surface area contributed by atoms with Gasteiger partial charge in [0.05, 0.1) is 0 Å². The zero-order chi connectivity index (χ0) is 13.1. The molecular formula is C16H24N2. The van der Waals surface area contributed by atoms with E-state index in [1.165, 1.54) is 23.2 Å². The number of hydrogen-bond acceptors (Lipinski definition) is 2. The summed E-state index contributed by atoms with van der Waals surface area (Å²) in [6, 6.07) is 2.14. The molecule has 0 fully saturated rings. The molecule has 2 heteroatoms. The van der Waals surface area contributed by atoms with E-state index in [-0.39, 0.29) is 0 Å². The Morgan fingerprint density at radius 1 is 1.28 bits per heavy atom. The lowest BCUT2D eigenvalue weighted by atomic mass is 9.80. The van der Waals surface area contributed by atoms with E-state index in [0.717, 1.165) is 6.54 Å². The molecule has 1 atom stereocenters. The summed E-state index contributed by atoms with van der Waals surface area (Å²) in [6.07, 6.45) is 7.38. The quantitative estimate of drug-likeness (QED) is 0.853. The first-order valence-electron chi connectivity index (χ1n) is 7.00. The maximum atomic E-state index is 4.64. The SMILES string of the molecule is CC(C)c1nccc2c1C(C(C)C)CCN/C=C\2. The molecule has 2 nitrogen and oxygen atoms in total. The summed E-state index contributed by atoms with van der Waals surface area (Å²) in [5.41, 5.74) is 4.08. The third-order valence-electron chi connectivity index (χ3n) is 3.76. The number of nitrogens with one attached hydrogen (secondary N) is 1. The molecule has 18 heavy (non-hydrogen) atoms. The molecule has 0 aliphatic carbocycles. The minimum atomic E-state index is 0.488. The van der Waals surface area contributed by atoms with Crippen LogP contribution in [-0.4, -0.2) is 11.5 Å². The van der Waals surface area contributed by atoms with Crippen LogP contribution >= 0.6 is 0 Å². The van der Waals surface area contributed by atoms with Crippen LogP contribution in [0.3, 0.4) is 0 Å². The van der Waals surface area contributed by atoms with Crippen molar-refractivity contribution in [3.8, 4) is 0 Å². The molecular weight excluding hydrogens is 220 g/mol. The van der Waals surface area contributed by atoms with E-state index < -0.39 is 0 Å². The maximum absolute atomic E-state index is 4.64. The highest BCUT2D eigenvalue weighted by molar-refractivity contribution is 5.56. The Balaban J connectivity index is 2.58. The van der Waals surface area contributed by atoms with Crippen LogP contribution in [0.25, 0.3) is 6.08 Å². The van der Waals surface area contributed by atoms with Gasteiger partial charge in [-0.05, 0) is 53.6 Å². The number of rotatable bonds is 2. The van der Waals surface area contributed by atoms with Gasteiger partial charge >= 0.3 is 0 Å². The third-order valence-corrected chi connectivity index (χ3v) is 3.76. The predicted octanol–water partition coefficient (Wildman–Crippen LogP) is 3.91. The fraction of sp³-hybridized carbons (Fsp3) is 0.562. The number of pyridine rings is 1. The topological polar surface area (TPSA) is 24.9 Å². The van der Waals surface area contributed by atoms with Crippen molar-refractivity contribution < 1.29 is 0 Å². The van der Waals surface area contributed by atoms with Crippen LogP contribution < -0.4 is 5.32 Å². The molecule has 1 aliphatic rings. The molecule has 0 saturated carbocycles. The van der Waals surface area contributed by atoms with E-state index in [4.69, 9.17) is 0 Å². The highest BCUT2D eigenvalue weighted by atomic mass is 14.8. The van der Waals surface area contributed by atoms with Crippen LogP contribution in [0.5, 0.6) is 0 Å². The molecule has 1 N–H and O–H groups in total. The Bertz CT molecular complexity index is 433. The average molecular weight is 244 g/mol. The van der Waals surface area contributed by atoms with E-state index in [1.807, 2.05) is 6.20 Å². The van der Waals surface area contributed by atoms with E-state index >= 15 is 0 Å². The van der Waals surface area contributed by atoms with Crippen molar-refractivity contribution >= 4 is 6.08 Å². The number of nitrogens with zero attached hydrogens (tertiary/aromatic N) is 1. The van der Waals surface area contributed by atoms with Gasteiger partial charge < -0.3 is 5.32 Å². The Morgan fingerprint density at radius 3 is 2.72 bits per heavy atom. The first-order chi connectivity index (χ1) is 8.61. The Morgan fingerprint density at radius 2 is 2.06 bits per heavy atom. The molecule has 0 amide bonds. The summed E-state index contributed by atoms with van der Waals surface area (Å²) in [5.74, 6) is 1.74. The second-order valence-electron chi connectivity index (χ2n) is 5.78. The van der Waals surface area contributed by atoms with Gasteiger partial charge in [0.25, 0.3) is 0 Å². The highest BCUT2D eigenvalue weighted by Gasteiger charge is 2.23. The van der Waals surface area contributed by atoms with Gasteiger partial charge in [0, 0.05) is 18.4 Å². The lowest BCUT2D eigenvalue weighted by Crippen LogP contribution is -2.20. The smallest absolute Gasteiger partial charge is 0.0469 e. The van der Waals surface area contributed by atoms with Gasteiger partial charge in [-0.1, -0.05) is 27.7 Å². The lowest BCUT2D eigenvalue weighted by Gasteiger charge is -2.28. The van der Waals surface area contributed by atoms with Gasteiger partial charge in [-0.25, -0.2) is 0 Å². The summed E-state index contributed by atoms with van der Waals surface area (Å²) in [7, 11) is 0.